The Labute approximate surface area is 194 Å². The van der Waals surface area contributed by atoms with Crippen molar-refractivity contribution in [2.24, 2.45) is 0 Å². The largest absolute Gasteiger partial charge is 0.493 e. The zero-order valence-corrected chi connectivity index (χ0v) is 20.0. The second kappa shape index (κ2) is 11.8. The van der Waals surface area contributed by atoms with Crippen molar-refractivity contribution >= 4 is 34.2 Å². The lowest BCUT2D eigenvalue weighted by molar-refractivity contribution is 0.0917. The van der Waals surface area contributed by atoms with Crippen molar-refractivity contribution in [1.29, 1.82) is 0 Å². The van der Waals surface area contributed by atoms with Gasteiger partial charge >= 0.3 is 0 Å². The third-order valence-corrected chi connectivity index (χ3v) is 5.26. The van der Waals surface area contributed by atoms with E-state index in [1.165, 1.54) is 28.4 Å². The summed E-state index contributed by atoms with van der Waals surface area (Å²) < 4.78 is 27.3. The van der Waals surface area contributed by atoms with E-state index < -0.39 is 0 Å². The molecule has 0 atom stereocenters. The molecule has 0 amide bonds. The van der Waals surface area contributed by atoms with Gasteiger partial charge in [-0.3, -0.25) is 9.59 Å². The van der Waals surface area contributed by atoms with Crippen molar-refractivity contribution in [3.8, 4) is 28.7 Å². The van der Waals surface area contributed by atoms with Gasteiger partial charge in [-0.1, -0.05) is 0 Å². The van der Waals surface area contributed by atoms with Crippen LogP contribution in [0.3, 0.4) is 0 Å². The summed E-state index contributed by atoms with van der Waals surface area (Å²) in [6, 6.07) is 6.37. The minimum Gasteiger partial charge on any atom is -0.493 e. The monoisotopic (exact) mass is 544 g/mol. The Morgan fingerprint density at radius 1 is 0.774 bits per heavy atom. The second-order valence-corrected chi connectivity index (χ2v) is 7.48. The Hall–Kier alpha value is -2.53. The van der Waals surface area contributed by atoms with Crippen LogP contribution in [-0.2, 0) is 0 Å². The van der Waals surface area contributed by atoms with Gasteiger partial charge in [0.05, 0.1) is 38.6 Å². The number of benzene rings is 2. The van der Waals surface area contributed by atoms with Gasteiger partial charge in [0.15, 0.2) is 34.6 Å². The highest BCUT2D eigenvalue weighted by Gasteiger charge is 2.20. The van der Waals surface area contributed by atoms with Crippen LogP contribution in [0.25, 0.3) is 0 Å². The average Bonchev–Trinajstić information content (AvgIpc) is 2.79. The van der Waals surface area contributed by atoms with Crippen molar-refractivity contribution in [1.82, 2.24) is 0 Å². The van der Waals surface area contributed by atoms with Crippen LogP contribution in [-0.4, -0.2) is 58.3 Å². The SMILES string of the molecule is COc1cc(C(=O)CCC(=O)c2cc(OC)c(OC)c(OC)c2)cc(I)c1OCCO. The highest BCUT2D eigenvalue weighted by molar-refractivity contribution is 14.1. The number of ketones is 2. The molecule has 0 unspecified atom stereocenters. The molecule has 1 N–H and O–H groups in total. The Balaban J connectivity index is 2.17. The molecule has 0 aromatic heterocycles. The van der Waals surface area contributed by atoms with Crippen molar-refractivity contribution in [2.45, 2.75) is 12.8 Å². The number of aliphatic hydroxyl groups is 1. The summed E-state index contributed by atoms with van der Waals surface area (Å²) in [5.41, 5.74) is 0.775. The molecule has 0 spiro atoms. The number of hydrogen-bond donors (Lipinski definition) is 1. The van der Waals surface area contributed by atoms with E-state index in [0.29, 0.717) is 43.4 Å². The quantitative estimate of drug-likeness (QED) is 0.320. The number of Topliss-reactive ketones (excluding diaryl/α,β-unsaturated/α-hetero) is 2. The molecule has 0 aliphatic rings. The molecule has 9 heteroatoms. The Morgan fingerprint density at radius 3 is 1.65 bits per heavy atom. The predicted molar refractivity (Wildman–Crippen MR) is 122 cm³/mol. The van der Waals surface area contributed by atoms with E-state index in [9.17, 15) is 9.59 Å². The van der Waals surface area contributed by atoms with E-state index in [4.69, 9.17) is 28.8 Å². The lowest BCUT2D eigenvalue weighted by Crippen LogP contribution is -2.08. The van der Waals surface area contributed by atoms with Gasteiger partial charge in [-0.05, 0) is 46.9 Å². The molecule has 31 heavy (non-hydrogen) atoms. The maximum absolute atomic E-state index is 12.7. The topological polar surface area (TPSA) is 101 Å². The normalized spacial score (nSPS) is 10.4. The van der Waals surface area contributed by atoms with E-state index in [0.717, 1.165) is 0 Å². The minimum atomic E-state index is -0.225. The number of carbonyl (C=O) groups is 2. The minimum absolute atomic E-state index is 0.0130. The van der Waals surface area contributed by atoms with Crippen LogP contribution in [0.1, 0.15) is 33.6 Å². The number of methoxy groups -OCH3 is 4. The molecule has 0 bridgehead atoms. The summed E-state index contributed by atoms with van der Waals surface area (Å²) in [6.45, 7) is -0.0219. The predicted octanol–water partition coefficient (Wildman–Crippen LogP) is 3.54. The summed E-state index contributed by atoms with van der Waals surface area (Å²) in [6.07, 6.45) is 0.0324. The smallest absolute Gasteiger partial charge is 0.203 e. The van der Waals surface area contributed by atoms with Gasteiger partial charge in [0.25, 0.3) is 0 Å². The van der Waals surface area contributed by atoms with Crippen molar-refractivity contribution in [2.75, 3.05) is 41.7 Å². The maximum atomic E-state index is 12.7. The first-order valence-corrected chi connectivity index (χ1v) is 10.5. The average molecular weight is 544 g/mol. The number of halogens is 1. The Morgan fingerprint density at radius 2 is 1.23 bits per heavy atom. The molecule has 2 aromatic rings. The van der Waals surface area contributed by atoms with E-state index in [2.05, 4.69) is 0 Å². The Kier molecular flexibility index (Phi) is 9.38. The van der Waals surface area contributed by atoms with Crippen LogP contribution < -0.4 is 23.7 Å². The lowest BCUT2D eigenvalue weighted by Gasteiger charge is -2.14. The van der Waals surface area contributed by atoms with Crippen LogP contribution >= 0.6 is 22.6 Å². The van der Waals surface area contributed by atoms with Gasteiger partial charge in [-0.2, -0.15) is 0 Å². The zero-order chi connectivity index (χ0) is 23.0. The molecular formula is C22H25IO8. The first-order valence-electron chi connectivity index (χ1n) is 9.37. The molecule has 2 rings (SSSR count). The third kappa shape index (κ3) is 6.01. The standard InChI is InChI=1S/C22H25IO8/c1-27-18-10-13(9-15(23)21(18)31-8-7-24)16(25)5-6-17(26)14-11-19(28-2)22(30-4)20(12-14)29-3/h9-12,24H,5-8H2,1-4H3. The molecule has 0 saturated heterocycles. The molecule has 0 saturated carbocycles. The number of hydrogen-bond acceptors (Lipinski definition) is 8. The molecule has 0 radical (unpaired) electrons. The van der Waals surface area contributed by atoms with Gasteiger partial charge in [0.2, 0.25) is 5.75 Å². The van der Waals surface area contributed by atoms with E-state index >= 15 is 0 Å². The van der Waals surface area contributed by atoms with Gasteiger partial charge in [0, 0.05) is 24.0 Å². The Bertz CT molecular complexity index is 916. The van der Waals surface area contributed by atoms with Crippen LogP contribution in [0.4, 0.5) is 0 Å². The summed E-state index contributed by atoms with van der Waals surface area (Å²) in [5, 5.41) is 8.96. The molecule has 0 aliphatic carbocycles. The first kappa shape index (κ1) is 24.7. The third-order valence-electron chi connectivity index (χ3n) is 4.45. The molecule has 168 valence electrons. The number of aliphatic hydroxyl groups excluding tert-OH is 1. The highest BCUT2D eigenvalue weighted by atomic mass is 127. The number of ether oxygens (including phenoxy) is 5. The summed E-state index contributed by atoms with van der Waals surface area (Å²) in [7, 11) is 5.89. The van der Waals surface area contributed by atoms with Crippen LogP contribution in [0, 0.1) is 3.57 Å². The molecule has 2 aromatic carbocycles. The van der Waals surface area contributed by atoms with Crippen molar-refractivity contribution < 1.29 is 38.4 Å². The van der Waals surface area contributed by atoms with Crippen molar-refractivity contribution in [3.63, 3.8) is 0 Å². The fraction of sp³-hybridized carbons (Fsp3) is 0.364. The van der Waals surface area contributed by atoms with Crippen LogP contribution in [0.15, 0.2) is 24.3 Å². The molecule has 0 fully saturated rings. The van der Waals surface area contributed by atoms with E-state index in [-0.39, 0.29) is 37.6 Å². The van der Waals surface area contributed by atoms with Gasteiger partial charge in [0.1, 0.15) is 6.61 Å². The molecular weight excluding hydrogens is 519 g/mol. The second-order valence-electron chi connectivity index (χ2n) is 6.32. The van der Waals surface area contributed by atoms with Crippen LogP contribution in [0.5, 0.6) is 28.7 Å². The number of carbonyl (C=O) groups excluding carboxylic acids is 2. The van der Waals surface area contributed by atoms with E-state index in [1.54, 1.807) is 24.3 Å². The van der Waals surface area contributed by atoms with Gasteiger partial charge in [-0.25, -0.2) is 0 Å². The molecule has 0 heterocycles. The van der Waals surface area contributed by atoms with Gasteiger partial charge < -0.3 is 28.8 Å². The van der Waals surface area contributed by atoms with Crippen molar-refractivity contribution in [3.05, 3.63) is 39.0 Å². The maximum Gasteiger partial charge on any atom is 0.203 e. The van der Waals surface area contributed by atoms with Gasteiger partial charge in [-0.15, -0.1) is 0 Å². The van der Waals surface area contributed by atoms with E-state index in [1.807, 2.05) is 22.6 Å². The molecule has 0 aliphatic heterocycles. The molecule has 8 nitrogen and oxygen atoms in total. The summed E-state index contributed by atoms with van der Waals surface area (Å²) in [4.78, 5) is 25.4. The fourth-order valence-electron chi connectivity index (χ4n) is 2.93. The first-order chi connectivity index (χ1) is 14.9. The summed E-state index contributed by atoms with van der Waals surface area (Å²) in [5.74, 6) is 1.55. The number of rotatable bonds is 12. The lowest BCUT2D eigenvalue weighted by atomic mass is 10.0. The zero-order valence-electron chi connectivity index (χ0n) is 17.8. The highest BCUT2D eigenvalue weighted by Crippen LogP contribution is 2.38. The fourth-order valence-corrected chi connectivity index (χ4v) is 3.68. The summed E-state index contributed by atoms with van der Waals surface area (Å²) >= 11 is 2.04. The van der Waals surface area contributed by atoms with Crippen LogP contribution in [0.2, 0.25) is 0 Å².